The molecule has 0 atom stereocenters. The van der Waals surface area contributed by atoms with E-state index in [-0.39, 0.29) is 12.2 Å². The number of benzene rings is 2. The van der Waals surface area contributed by atoms with Gasteiger partial charge in [-0.25, -0.2) is 4.79 Å². The quantitative estimate of drug-likeness (QED) is 0.642. The monoisotopic (exact) mass is 371 g/mol. The number of hydrogen-bond acceptors (Lipinski definition) is 6. The Balaban J connectivity index is 1.45. The summed E-state index contributed by atoms with van der Waals surface area (Å²) in [5, 5.41) is 4.23. The summed E-state index contributed by atoms with van der Waals surface area (Å²) < 4.78 is 21.5. The molecule has 2 aromatic carbocycles. The Morgan fingerprint density at radius 2 is 1.92 bits per heavy atom. The van der Waals surface area contributed by atoms with E-state index in [1.807, 2.05) is 30.3 Å². The fraction of sp³-hybridized carbons (Fsp3) is 0.158. The minimum atomic E-state index is -0.534. The van der Waals surface area contributed by atoms with Crippen molar-refractivity contribution in [1.82, 2.24) is 5.16 Å². The number of esters is 1. The fourth-order valence-corrected chi connectivity index (χ4v) is 2.84. The summed E-state index contributed by atoms with van der Waals surface area (Å²) in [7, 11) is 0. The number of fused-ring (bicyclic) bond motifs is 1. The Hall–Kier alpha value is -2.99. The zero-order valence-corrected chi connectivity index (χ0v) is 14.4. The normalized spacial score (nSPS) is 12.7. The Morgan fingerprint density at radius 3 is 2.77 bits per heavy atom. The molecule has 0 saturated heterocycles. The van der Waals surface area contributed by atoms with Gasteiger partial charge in [-0.15, -0.1) is 0 Å². The van der Waals surface area contributed by atoms with Crippen LogP contribution in [0, 0.1) is 0 Å². The first-order chi connectivity index (χ1) is 12.7. The molecule has 0 fully saturated rings. The summed E-state index contributed by atoms with van der Waals surface area (Å²) >= 11 is 6.14. The molecule has 0 unspecified atom stereocenters. The van der Waals surface area contributed by atoms with E-state index >= 15 is 0 Å². The highest BCUT2D eigenvalue weighted by atomic mass is 35.5. The minimum absolute atomic E-state index is 0.0127. The third-order valence-electron chi connectivity index (χ3n) is 3.80. The molecule has 26 heavy (non-hydrogen) atoms. The summed E-state index contributed by atoms with van der Waals surface area (Å²) in [5.41, 5.74) is 1.70. The van der Waals surface area contributed by atoms with Gasteiger partial charge in [-0.3, -0.25) is 0 Å². The number of aromatic nitrogens is 1. The molecule has 1 aliphatic heterocycles. The van der Waals surface area contributed by atoms with Gasteiger partial charge in [-0.2, -0.15) is 0 Å². The van der Waals surface area contributed by atoms with Crippen LogP contribution < -0.4 is 9.47 Å². The van der Waals surface area contributed by atoms with Gasteiger partial charge >= 0.3 is 5.97 Å². The average Bonchev–Trinajstić information content (AvgIpc) is 3.16. The lowest BCUT2D eigenvalue weighted by Crippen LogP contribution is -2.16. The zero-order valence-electron chi connectivity index (χ0n) is 13.6. The molecule has 2 heterocycles. The summed E-state index contributed by atoms with van der Waals surface area (Å²) in [6.07, 6.45) is 0. The smallest absolute Gasteiger partial charge is 0.338 e. The lowest BCUT2D eigenvalue weighted by atomic mass is 10.2. The number of halogens is 1. The predicted octanol–water partition coefficient (Wildman–Crippen LogP) is 4.12. The second kappa shape index (κ2) is 7.09. The number of ether oxygens (including phenoxy) is 3. The molecule has 4 rings (SSSR count). The maximum Gasteiger partial charge on any atom is 0.338 e. The maximum absolute atomic E-state index is 12.3. The van der Waals surface area contributed by atoms with Gasteiger partial charge in [-0.1, -0.05) is 47.1 Å². The molecule has 1 aromatic heterocycles. The van der Waals surface area contributed by atoms with Crippen LogP contribution in [0.2, 0.25) is 5.02 Å². The van der Waals surface area contributed by atoms with E-state index in [2.05, 4.69) is 5.16 Å². The van der Waals surface area contributed by atoms with Crippen LogP contribution in [-0.2, 0) is 11.3 Å². The molecule has 3 aromatic rings. The van der Waals surface area contributed by atoms with Crippen LogP contribution in [0.25, 0.3) is 11.3 Å². The van der Waals surface area contributed by atoms with Crippen molar-refractivity contribution in [1.29, 1.82) is 0 Å². The van der Waals surface area contributed by atoms with Gasteiger partial charge in [0.05, 0.1) is 10.6 Å². The molecular formula is C19H14ClNO5. The zero-order chi connectivity index (χ0) is 17.9. The maximum atomic E-state index is 12.3. The molecule has 0 bridgehead atoms. The average molecular weight is 372 g/mol. The van der Waals surface area contributed by atoms with Gasteiger partial charge in [-0.05, 0) is 12.1 Å². The van der Waals surface area contributed by atoms with Crippen molar-refractivity contribution in [3.8, 4) is 22.8 Å². The molecule has 7 heteroatoms. The minimum Gasteiger partial charge on any atom is -0.486 e. The summed E-state index contributed by atoms with van der Waals surface area (Å²) in [6.45, 7) is 0.816. The molecule has 0 radical (unpaired) electrons. The summed E-state index contributed by atoms with van der Waals surface area (Å²) in [6, 6.07) is 14.3. The van der Waals surface area contributed by atoms with Crippen LogP contribution in [0.4, 0.5) is 0 Å². The topological polar surface area (TPSA) is 70.8 Å². The first-order valence-electron chi connectivity index (χ1n) is 7.98. The number of nitrogens with zero attached hydrogens (tertiary/aromatic N) is 1. The first-order valence-corrected chi connectivity index (χ1v) is 8.36. The number of carbonyl (C=O) groups is 1. The summed E-state index contributed by atoms with van der Waals surface area (Å²) in [4.78, 5) is 12.3. The molecule has 0 N–H and O–H groups in total. The molecule has 6 nitrogen and oxygen atoms in total. The van der Waals surface area contributed by atoms with Crippen molar-refractivity contribution >= 4 is 17.6 Å². The van der Waals surface area contributed by atoms with Crippen LogP contribution in [0.5, 0.6) is 11.5 Å². The van der Waals surface area contributed by atoms with E-state index < -0.39 is 5.97 Å². The standard InChI is InChI=1S/C19H14ClNO5/c20-15-8-13(9-17-18(15)24-7-6-23-17)19(22)25-11-14-10-16(26-21-14)12-4-2-1-3-5-12/h1-5,8-10H,6-7,11H2. The van der Waals surface area contributed by atoms with E-state index in [9.17, 15) is 4.79 Å². The molecular weight excluding hydrogens is 358 g/mol. The van der Waals surface area contributed by atoms with Gasteiger partial charge in [0.2, 0.25) is 0 Å². The van der Waals surface area contributed by atoms with E-state index in [4.69, 9.17) is 30.3 Å². The third kappa shape index (κ3) is 3.36. The highest BCUT2D eigenvalue weighted by molar-refractivity contribution is 6.32. The number of rotatable bonds is 4. The van der Waals surface area contributed by atoms with Gasteiger partial charge in [0.25, 0.3) is 0 Å². The van der Waals surface area contributed by atoms with E-state index in [1.165, 1.54) is 6.07 Å². The van der Waals surface area contributed by atoms with Crippen LogP contribution in [0.1, 0.15) is 16.1 Å². The van der Waals surface area contributed by atoms with Crippen LogP contribution >= 0.6 is 11.6 Å². The van der Waals surface area contributed by atoms with Gasteiger partial charge in [0.1, 0.15) is 25.5 Å². The van der Waals surface area contributed by atoms with Gasteiger partial charge < -0.3 is 18.7 Å². The van der Waals surface area contributed by atoms with E-state index in [0.717, 1.165) is 5.56 Å². The number of carbonyl (C=O) groups excluding carboxylic acids is 1. The Labute approximate surface area is 154 Å². The highest BCUT2D eigenvalue weighted by Gasteiger charge is 2.20. The van der Waals surface area contributed by atoms with Crippen molar-refractivity contribution in [3.63, 3.8) is 0 Å². The fourth-order valence-electron chi connectivity index (χ4n) is 2.57. The van der Waals surface area contributed by atoms with E-state index in [0.29, 0.717) is 41.2 Å². The Kier molecular flexibility index (Phi) is 4.50. The van der Waals surface area contributed by atoms with Gasteiger partial charge in [0, 0.05) is 11.6 Å². The van der Waals surface area contributed by atoms with Crippen LogP contribution in [-0.4, -0.2) is 24.3 Å². The highest BCUT2D eigenvalue weighted by Crippen LogP contribution is 2.38. The molecule has 0 spiro atoms. The third-order valence-corrected chi connectivity index (χ3v) is 4.08. The Bertz CT molecular complexity index is 938. The molecule has 1 aliphatic rings. The van der Waals surface area contributed by atoms with Gasteiger partial charge in [0.15, 0.2) is 17.3 Å². The lowest BCUT2D eigenvalue weighted by molar-refractivity contribution is 0.0463. The predicted molar refractivity (Wildman–Crippen MR) is 93.5 cm³/mol. The molecule has 0 aliphatic carbocycles. The van der Waals surface area contributed by atoms with Crippen LogP contribution in [0.3, 0.4) is 0 Å². The first kappa shape index (κ1) is 16.5. The summed E-state index contributed by atoms with van der Waals surface area (Å²) in [5.74, 6) is 0.953. The molecule has 132 valence electrons. The van der Waals surface area contributed by atoms with E-state index in [1.54, 1.807) is 12.1 Å². The second-order valence-corrected chi connectivity index (χ2v) is 6.01. The molecule has 0 amide bonds. The van der Waals surface area contributed by atoms with Crippen molar-refractivity contribution in [2.45, 2.75) is 6.61 Å². The van der Waals surface area contributed by atoms with Crippen molar-refractivity contribution in [2.24, 2.45) is 0 Å². The SMILES string of the molecule is O=C(OCc1cc(-c2ccccc2)on1)c1cc(Cl)c2c(c1)OCCO2. The molecule has 0 saturated carbocycles. The van der Waals surface area contributed by atoms with Crippen LogP contribution in [0.15, 0.2) is 53.1 Å². The Morgan fingerprint density at radius 1 is 1.12 bits per heavy atom. The number of hydrogen-bond donors (Lipinski definition) is 0. The lowest BCUT2D eigenvalue weighted by Gasteiger charge is -2.19. The van der Waals surface area contributed by atoms with Crippen molar-refractivity contribution < 1.29 is 23.5 Å². The largest absolute Gasteiger partial charge is 0.486 e. The van der Waals surface area contributed by atoms with Crippen molar-refractivity contribution in [3.05, 3.63) is 64.8 Å². The second-order valence-electron chi connectivity index (χ2n) is 5.61. The van der Waals surface area contributed by atoms with Crippen molar-refractivity contribution in [2.75, 3.05) is 13.2 Å².